The van der Waals surface area contributed by atoms with Crippen molar-refractivity contribution in [3.05, 3.63) is 173 Å². The Balaban J connectivity index is 1.31. The van der Waals surface area contributed by atoms with Gasteiger partial charge in [-0.25, -0.2) is 0 Å². The second-order valence-electron chi connectivity index (χ2n) is 24.0. The van der Waals surface area contributed by atoms with E-state index in [9.17, 15) is 0 Å². The minimum atomic E-state index is -0.190. The molecule has 0 atom stereocenters. The summed E-state index contributed by atoms with van der Waals surface area (Å²) in [6.45, 7) is 32.3. The van der Waals surface area contributed by atoms with Gasteiger partial charge in [-0.3, -0.25) is 4.90 Å². The van der Waals surface area contributed by atoms with Gasteiger partial charge < -0.3 is 13.7 Å². The highest BCUT2D eigenvalue weighted by Gasteiger charge is 2.48. The Bertz CT molecular complexity index is 3500. The van der Waals surface area contributed by atoms with Gasteiger partial charge in [-0.05, 0) is 139 Å². The first kappa shape index (κ1) is 44.8. The van der Waals surface area contributed by atoms with Crippen molar-refractivity contribution >= 4 is 79.4 Å². The molecule has 2 aliphatic rings. The van der Waals surface area contributed by atoms with E-state index in [2.05, 4.69) is 234 Å². The van der Waals surface area contributed by atoms with Gasteiger partial charge in [-0.15, -0.1) is 0 Å². The molecule has 5 heteroatoms. The molecular formula is C64H65BN2O2. The Hall–Kier alpha value is -6.72. The smallest absolute Gasteiger partial charge is 0.257 e. The first-order chi connectivity index (χ1) is 32.6. The minimum Gasteiger partial charge on any atom is -0.464 e. The lowest BCUT2D eigenvalue weighted by Gasteiger charge is -2.44. The van der Waals surface area contributed by atoms with Crippen LogP contribution in [0.2, 0.25) is 0 Å². The van der Waals surface area contributed by atoms with E-state index in [0.29, 0.717) is 0 Å². The predicted molar refractivity (Wildman–Crippen MR) is 295 cm³/mol. The molecular weight excluding hydrogens is 840 g/mol. The lowest BCUT2D eigenvalue weighted by Crippen LogP contribution is -2.61. The first-order valence-electron chi connectivity index (χ1n) is 24.9. The number of aryl methyl sites for hydroxylation is 2. The summed E-state index contributed by atoms with van der Waals surface area (Å²) in [7, 11) is 0. The van der Waals surface area contributed by atoms with Crippen LogP contribution in [0.1, 0.15) is 116 Å². The molecule has 0 unspecified atom stereocenters. The minimum absolute atomic E-state index is 0.00888. The summed E-state index contributed by atoms with van der Waals surface area (Å²) in [6.07, 6.45) is 1.93. The van der Waals surface area contributed by atoms with Gasteiger partial charge in [-0.1, -0.05) is 168 Å². The quantitative estimate of drug-likeness (QED) is 0.165. The summed E-state index contributed by atoms with van der Waals surface area (Å²) >= 11 is 0. The second kappa shape index (κ2) is 15.4. The van der Waals surface area contributed by atoms with Gasteiger partial charge in [0.25, 0.3) is 6.71 Å². The van der Waals surface area contributed by atoms with Crippen molar-refractivity contribution in [2.45, 2.75) is 119 Å². The summed E-state index contributed by atoms with van der Waals surface area (Å²) in [5.41, 5.74) is 23.2. The third-order valence-electron chi connectivity index (χ3n) is 15.0. The zero-order valence-corrected chi connectivity index (χ0v) is 43.1. The molecule has 4 nitrogen and oxygen atoms in total. The monoisotopic (exact) mass is 905 g/mol. The molecule has 0 saturated carbocycles. The van der Waals surface area contributed by atoms with Gasteiger partial charge in [-0.2, -0.15) is 0 Å². The maximum atomic E-state index is 7.39. The van der Waals surface area contributed by atoms with Crippen molar-refractivity contribution in [1.29, 1.82) is 0 Å². The maximum absolute atomic E-state index is 7.39. The fraction of sp³-hybridized carbons (Fsp3) is 0.281. The number of anilines is 6. The normalized spacial score (nSPS) is 13.9. The van der Waals surface area contributed by atoms with Crippen LogP contribution >= 0.6 is 0 Å². The number of para-hydroxylation sites is 1. The number of furan rings is 2. The van der Waals surface area contributed by atoms with Crippen molar-refractivity contribution in [2.24, 2.45) is 0 Å². The number of rotatable bonds is 4. The van der Waals surface area contributed by atoms with Crippen molar-refractivity contribution in [2.75, 3.05) is 9.80 Å². The number of hydrogen-bond acceptors (Lipinski definition) is 4. The molecule has 0 aliphatic carbocycles. The van der Waals surface area contributed by atoms with E-state index in [4.69, 9.17) is 8.83 Å². The molecule has 7 aromatic carbocycles. The summed E-state index contributed by atoms with van der Waals surface area (Å²) < 4.78 is 13.6. The van der Waals surface area contributed by atoms with Crippen LogP contribution in [0, 0.1) is 13.8 Å². The topological polar surface area (TPSA) is 32.8 Å². The molecule has 0 N–H and O–H groups in total. The Morgan fingerprint density at radius 3 is 1.68 bits per heavy atom. The van der Waals surface area contributed by atoms with Crippen LogP contribution in [0.3, 0.4) is 0 Å². The van der Waals surface area contributed by atoms with Crippen LogP contribution in [-0.2, 0) is 21.7 Å². The van der Waals surface area contributed by atoms with Gasteiger partial charge in [0, 0.05) is 44.4 Å². The summed E-state index contributed by atoms with van der Waals surface area (Å²) in [6, 6.07) is 50.4. The molecule has 11 rings (SSSR count). The number of fused-ring (bicyclic) bond motifs is 7. The molecule has 0 bridgehead atoms. The molecule has 346 valence electrons. The molecule has 4 heterocycles. The van der Waals surface area contributed by atoms with Crippen molar-refractivity contribution in [3.8, 4) is 22.3 Å². The molecule has 69 heavy (non-hydrogen) atoms. The molecule has 2 aliphatic heterocycles. The second-order valence-corrected chi connectivity index (χ2v) is 24.0. The van der Waals surface area contributed by atoms with Crippen LogP contribution in [0.25, 0.3) is 44.2 Å². The highest BCUT2D eigenvalue weighted by molar-refractivity contribution is 7.01. The SMILES string of the molecule is Cc1cc(C(C)(C)C)cc(C)c1N1c2cc(C(C)(C)C)cc3c2B(c2ccc(-c4coc5ccccc45)cc2N3c2ccc(C(C)(C)C)cc2-c2ccccc2)c2c1oc1ccc(C(C)(C)C)cc21. The highest BCUT2D eigenvalue weighted by atomic mass is 16.4. The van der Waals surface area contributed by atoms with E-state index in [1.165, 1.54) is 72.3 Å². The van der Waals surface area contributed by atoms with Gasteiger partial charge >= 0.3 is 0 Å². The maximum Gasteiger partial charge on any atom is 0.257 e. The Morgan fingerprint density at radius 1 is 0.420 bits per heavy atom. The third-order valence-corrected chi connectivity index (χ3v) is 15.0. The summed E-state index contributed by atoms with van der Waals surface area (Å²) in [5, 5.41) is 2.26. The van der Waals surface area contributed by atoms with Gasteiger partial charge in [0.05, 0.1) is 17.6 Å². The Kier molecular flexibility index (Phi) is 9.99. The molecule has 2 aromatic heterocycles. The third kappa shape index (κ3) is 7.26. The zero-order valence-electron chi connectivity index (χ0n) is 43.1. The van der Waals surface area contributed by atoms with Crippen LogP contribution in [-0.4, -0.2) is 6.71 Å². The predicted octanol–water partition coefficient (Wildman–Crippen LogP) is 16.4. The fourth-order valence-electron chi connectivity index (χ4n) is 11.1. The molecule has 0 radical (unpaired) electrons. The van der Waals surface area contributed by atoms with Crippen LogP contribution in [0.4, 0.5) is 34.3 Å². The zero-order chi connectivity index (χ0) is 48.7. The standard InChI is InChI=1S/C64H65BN2O2/c1-38-30-44(63(9,10)11)31-39(2)59(38)67-54-36-45(64(12,13)14)35-53-58(54)65(57-48-34-43(62(6,7)8)26-29-56(48)69-60(57)67)50-27-24-41(49-37-68-55-23-19-18-22-46(49)55)32-52(50)66(53)51-28-25-42(61(3,4)5)33-47(51)40-20-16-15-17-21-40/h15-37H,1-14H3. The van der Waals surface area contributed by atoms with Crippen molar-refractivity contribution in [3.63, 3.8) is 0 Å². The van der Waals surface area contributed by atoms with Crippen LogP contribution in [0.5, 0.6) is 0 Å². The molecule has 0 saturated heterocycles. The number of hydrogen-bond donors (Lipinski definition) is 0. The number of nitrogens with zero attached hydrogens (tertiary/aromatic N) is 2. The summed E-state index contributed by atoms with van der Waals surface area (Å²) in [4.78, 5) is 5.11. The van der Waals surface area contributed by atoms with E-state index in [0.717, 1.165) is 56.0 Å². The molecule has 0 fully saturated rings. The number of benzene rings is 7. The van der Waals surface area contributed by atoms with Crippen molar-refractivity contribution in [1.82, 2.24) is 0 Å². The lowest BCUT2D eigenvalue weighted by atomic mass is 9.33. The summed E-state index contributed by atoms with van der Waals surface area (Å²) in [5.74, 6) is 0.893. The van der Waals surface area contributed by atoms with E-state index in [-0.39, 0.29) is 28.4 Å². The largest absolute Gasteiger partial charge is 0.464 e. The molecule has 9 aromatic rings. The average Bonchev–Trinajstić information content (AvgIpc) is 3.90. The Morgan fingerprint density at radius 2 is 1.01 bits per heavy atom. The van der Waals surface area contributed by atoms with E-state index >= 15 is 0 Å². The highest BCUT2D eigenvalue weighted by Crippen LogP contribution is 2.52. The average molecular weight is 905 g/mol. The van der Waals surface area contributed by atoms with E-state index in [1.54, 1.807) is 0 Å². The van der Waals surface area contributed by atoms with E-state index < -0.39 is 0 Å². The van der Waals surface area contributed by atoms with E-state index in [1.807, 2.05) is 12.3 Å². The Labute approximate surface area is 410 Å². The van der Waals surface area contributed by atoms with Crippen LogP contribution in [0.15, 0.2) is 149 Å². The molecule has 0 amide bonds. The van der Waals surface area contributed by atoms with Gasteiger partial charge in [0.1, 0.15) is 11.2 Å². The molecule has 0 spiro atoms. The van der Waals surface area contributed by atoms with Crippen LogP contribution < -0.4 is 26.2 Å². The van der Waals surface area contributed by atoms with Gasteiger partial charge in [0.2, 0.25) is 5.88 Å². The van der Waals surface area contributed by atoms with Crippen molar-refractivity contribution < 1.29 is 8.83 Å². The fourth-order valence-corrected chi connectivity index (χ4v) is 11.1. The lowest BCUT2D eigenvalue weighted by molar-refractivity contribution is 0.587. The first-order valence-corrected chi connectivity index (χ1v) is 24.9. The van der Waals surface area contributed by atoms with Gasteiger partial charge in [0.15, 0.2) is 0 Å².